The maximum atomic E-state index is 11.9. The van der Waals surface area contributed by atoms with Crippen molar-refractivity contribution in [2.75, 3.05) is 13.1 Å². The Morgan fingerprint density at radius 1 is 1.41 bits per heavy atom. The van der Waals surface area contributed by atoms with E-state index in [9.17, 15) is 4.79 Å². The number of carbonyl (C=O) groups is 1. The Kier molecular flexibility index (Phi) is 5.70. The number of alkyl carbamates (subject to hydrolysis) is 1. The van der Waals surface area contributed by atoms with Crippen LogP contribution in [-0.4, -0.2) is 35.7 Å². The molecule has 1 saturated heterocycles. The molecular weight excluding hydrogens is 300 g/mol. The minimum Gasteiger partial charge on any atom is -0.444 e. The molecule has 1 aliphatic heterocycles. The summed E-state index contributed by atoms with van der Waals surface area (Å²) in [5.74, 6) is 0. The molecule has 122 valence electrons. The number of benzene rings is 1. The van der Waals surface area contributed by atoms with Crippen molar-refractivity contribution in [1.29, 1.82) is 0 Å². The van der Waals surface area contributed by atoms with Gasteiger partial charge < -0.3 is 10.1 Å². The quantitative estimate of drug-likeness (QED) is 0.918. The van der Waals surface area contributed by atoms with Crippen molar-refractivity contribution in [3.8, 4) is 0 Å². The molecule has 0 aliphatic carbocycles. The summed E-state index contributed by atoms with van der Waals surface area (Å²) in [5, 5.41) is 3.77. The van der Waals surface area contributed by atoms with Crippen LogP contribution in [0.5, 0.6) is 0 Å². The zero-order valence-corrected chi connectivity index (χ0v) is 14.3. The molecule has 1 heterocycles. The molecule has 1 N–H and O–H groups in total. The Bertz CT molecular complexity index is 514. The second-order valence-corrected chi connectivity index (χ2v) is 7.22. The van der Waals surface area contributed by atoms with Crippen LogP contribution in [0.1, 0.15) is 39.2 Å². The molecule has 1 aliphatic rings. The van der Waals surface area contributed by atoms with Crippen molar-refractivity contribution in [2.45, 2.75) is 51.8 Å². The van der Waals surface area contributed by atoms with Crippen molar-refractivity contribution in [1.82, 2.24) is 10.2 Å². The van der Waals surface area contributed by atoms with Gasteiger partial charge in [-0.25, -0.2) is 4.79 Å². The van der Waals surface area contributed by atoms with Crippen molar-refractivity contribution in [3.63, 3.8) is 0 Å². The van der Waals surface area contributed by atoms with Crippen LogP contribution in [0, 0.1) is 0 Å². The third-order valence-corrected chi connectivity index (χ3v) is 3.95. The summed E-state index contributed by atoms with van der Waals surface area (Å²) >= 11 is 6.22. The fraction of sp³-hybridized carbons (Fsp3) is 0.588. The van der Waals surface area contributed by atoms with E-state index in [1.54, 1.807) is 0 Å². The first-order chi connectivity index (χ1) is 10.3. The third-order valence-electron chi connectivity index (χ3n) is 3.58. The van der Waals surface area contributed by atoms with Gasteiger partial charge in [-0.1, -0.05) is 29.8 Å². The molecule has 1 aromatic carbocycles. The first-order valence-corrected chi connectivity index (χ1v) is 8.16. The van der Waals surface area contributed by atoms with Crippen molar-refractivity contribution >= 4 is 17.7 Å². The minimum absolute atomic E-state index is 0.131. The maximum Gasteiger partial charge on any atom is 0.407 e. The molecule has 1 fully saturated rings. The van der Waals surface area contributed by atoms with E-state index in [-0.39, 0.29) is 12.1 Å². The lowest BCUT2D eigenvalue weighted by molar-refractivity contribution is 0.0470. The fourth-order valence-corrected chi connectivity index (χ4v) is 2.85. The normalized spacial score (nSPS) is 19.7. The number of ether oxygens (including phenoxy) is 1. The summed E-state index contributed by atoms with van der Waals surface area (Å²) in [6.07, 6.45) is 1.71. The number of amides is 1. The molecule has 1 atom stereocenters. The second kappa shape index (κ2) is 7.34. The van der Waals surface area contributed by atoms with E-state index in [0.29, 0.717) is 0 Å². The Balaban J connectivity index is 1.87. The van der Waals surface area contributed by atoms with Crippen LogP contribution >= 0.6 is 11.6 Å². The van der Waals surface area contributed by atoms with Gasteiger partial charge >= 0.3 is 6.09 Å². The monoisotopic (exact) mass is 324 g/mol. The molecule has 0 bridgehead atoms. The van der Waals surface area contributed by atoms with Crippen LogP contribution in [0.4, 0.5) is 4.79 Å². The molecule has 0 aromatic heterocycles. The van der Waals surface area contributed by atoms with E-state index in [1.807, 2.05) is 45.0 Å². The molecule has 5 heteroatoms. The molecule has 0 radical (unpaired) electrons. The Morgan fingerprint density at radius 3 is 2.82 bits per heavy atom. The second-order valence-electron chi connectivity index (χ2n) is 6.81. The molecular formula is C17H25ClN2O2. The first kappa shape index (κ1) is 17.1. The van der Waals surface area contributed by atoms with E-state index in [1.165, 1.54) is 0 Å². The lowest BCUT2D eigenvalue weighted by Gasteiger charge is -2.33. The molecule has 22 heavy (non-hydrogen) atoms. The summed E-state index contributed by atoms with van der Waals surface area (Å²) in [7, 11) is 0. The van der Waals surface area contributed by atoms with E-state index >= 15 is 0 Å². The minimum atomic E-state index is -0.462. The maximum absolute atomic E-state index is 11.9. The SMILES string of the molecule is CC(C)(C)OC(=O)N[C@@H]1CCCN(Cc2ccccc2Cl)C1. The first-order valence-electron chi connectivity index (χ1n) is 7.79. The fourth-order valence-electron chi connectivity index (χ4n) is 2.66. The van der Waals surface area contributed by atoms with Gasteiger partial charge in [-0.15, -0.1) is 0 Å². The molecule has 0 saturated carbocycles. The van der Waals surface area contributed by atoms with E-state index in [4.69, 9.17) is 16.3 Å². The highest BCUT2D eigenvalue weighted by Gasteiger charge is 2.24. The zero-order chi connectivity index (χ0) is 16.2. The average molecular weight is 325 g/mol. The number of carbonyl (C=O) groups excluding carboxylic acids is 1. The highest BCUT2D eigenvalue weighted by molar-refractivity contribution is 6.31. The van der Waals surface area contributed by atoms with Gasteiger partial charge in [0.05, 0.1) is 0 Å². The van der Waals surface area contributed by atoms with Crippen LogP contribution in [0.3, 0.4) is 0 Å². The number of rotatable bonds is 3. The smallest absolute Gasteiger partial charge is 0.407 e. The number of hydrogen-bond donors (Lipinski definition) is 1. The third kappa shape index (κ3) is 5.50. The van der Waals surface area contributed by atoms with Gasteiger partial charge in [0, 0.05) is 24.2 Å². The average Bonchev–Trinajstić information content (AvgIpc) is 2.39. The standard InChI is InChI=1S/C17H25ClN2O2/c1-17(2,3)22-16(21)19-14-8-6-10-20(12-14)11-13-7-4-5-9-15(13)18/h4-5,7,9,14H,6,8,10-12H2,1-3H3,(H,19,21)/t14-/m1/s1. The molecule has 1 amide bonds. The number of hydrogen-bond acceptors (Lipinski definition) is 3. The number of likely N-dealkylation sites (tertiary alicyclic amines) is 1. The zero-order valence-electron chi connectivity index (χ0n) is 13.6. The summed E-state index contributed by atoms with van der Waals surface area (Å²) in [6.45, 7) is 8.28. The summed E-state index contributed by atoms with van der Waals surface area (Å²) < 4.78 is 5.32. The van der Waals surface area contributed by atoms with Crippen molar-refractivity contribution < 1.29 is 9.53 Å². The largest absolute Gasteiger partial charge is 0.444 e. The summed E-state index contributed by atoms with van der Waals surface area (Å²) in [4.78, 5) is 14.2. The van der Waals surface area contributed by atoms with Gasteiger partial charge in [-0.2, -0.15) is 0 Å². The predicted octanol–water partition coefficient (Wildman–Crippen LogP) is 3.83. The predicted molar refractivity (Wildman–Crippen MR) is 89.1 cm³/mol. The Morgan fingerprint density at radius 2 is 2.14 bits per heavy atom. The van der Waals surface area contributed by atoms with Crippen molar-refractivity contribution in [3.05, 3.63) is 34.9 Å². The van der Waals surface area contributed by atoms with E-state index in [0.717, 1.165) is 43.1 Å². The van der Waals surface area contributed by atoms with Gasteiger partial charge in [0.15, 0.2) is 0 Å². The van der Waals surface area contributed by atoms with Crippen LogP contribution in [-0.2, 0) is 11.3 Å². The Labute approximate surface area is 137 Å². The highest BCUT2D eigenvalue weighted by atomic mass is 35.5. The van der Waals surface area contributed by atoms with Crippen LogP contribution in [0.2, 0.25) is 5.02 Å². The number of piperidine rings is 1. The summed E-state index contributed by atoms with van der Waals surface area (Å²) in [5.41, 5.74) is 0.665. The van der Waals surface area contributed by atoms with Crippen LogP contribution in [0.25, 0.3) is 0 Å². The number of nitrogens with zero attached hydrogens (tertiary/aromatic N) is 1. The van der Waals surface area contributed by atoms with Crippen LogP contribution < -0.4 is 5.32 Å². The van der Waals surface area contributed by atoms with Gasteiger partial charge in [0.1, 0.15) is 5.60 Å². The summed E-state index contributed by atoms with van der Waals surface area (Å²) in [6, 6.07) is 8.03. The molecule has 1 aromatic rings. The Hall–Kier alpha value is -1.26. The van der Waals surface area contributed by atoms with Gasteiger partial charge in [-0.05, 0) is 51.8 Å². The number of halogens is 1. The lowest BCUT2D eigenvalue weighted by atomic mass is 10.0. The highest BCUT2D eigenvalue weighted by Crippen LogP contribution is 2.20. The number of nitrogens with one attached hydrogen (secondary N) is 1. The van der Waals surface area contributed by atoms with Gasteiger partial charge in [0.25, 0.3) is 0 Å². The molecule has 4 nitrogen and oxygen atoms in total. The van der Waals surface area contributed by atoms with E-state index in [2.05, 4.69) is 10.2 Å². The molecule has 0 spiro atoms. The van der Waals surface area contributed by atoms with Gasteiger partial charge in [-0.3, -0.25) is 4.90 Å². The van der Waals surface area contributed by atoms with Crippen molar-refractivity contribution in [2.24, 2.45) is 0 Å². The molecule has 2 rings (SSSR count). The van der Waals surface area contributed by atoms with Crippen LogP contribution in [0.15, 0.2) is 24.3 Å². The lowest BCUT2D eigenvalue weighted by Crippen LogP contribution is -2.48. The van der Waals surface area contributed by atoms with Gasteiger partial charge in [0.2, 0.25) is 0 Å². The van der Waals surface area contributed by atoms with E-state index < -0.39 is 5.60 Å². The topological polar surface area (TPSA) is 41.6 Å². The molecule has 0 unspecified atom stereocenters.